The predicted octanol–water partition coefficient (Wildman–Crippen LogP) is 17.3. The van der Waals surface area contributed by atoms with E-state index in [9.17, 15) is 108 Å². The van der Waals surface area contributed by atoms with E-state index < -0.39 is 125 Å². The highest BCUT2D eigenvalue weighted by molar-refractivity contribution is 7.87. The number of aromatic hydroxyl groups is 6. The lowest BCUT2D eigenvalue weighted by Crippen LogP contribution is -2.11. The van der Waals surface area contributed by atoms with E-state index in [1.54, 1.807) is 20.8 Å². The molecule has 6 aromatic carbocycles. The van der Waals surface area contributed by atoms with Crippen molar-refractivity contribution in [3.05, 3.63) is 111 Å². The molecule has 756 valence electrons. The third-order valence-corrected chi connectivity index (χ3v) is 26.9. The Balaban J connectivity index is -0.000000358. The standard InChI is InChI=1S/2C15H24O6S.2C14H22O6S.2C13H20O6S.6CH3/c1-6-8-10-13(20-4)11(9(3)7-2)12(16)15(14(10)21-5)22(17,18)19;1-6-8-10-11(9(3)7-2)12(16)15(22(17,18)19)14(21-5)13(10)20-4;1-6-8(3)10-11(15)14(21(16,17)18)9(7-2)12(19-4)13(10)20-5;1-6-8(3)10-9(7-2)12(19-4)13(20-5)14(11(10)15)21(16,17)18;1-6-7(2)9-10(14)13(20(15,16)17)8(3)11(18-4)12(9)19-5;1-6-7(2)9-8(3)11(18-4)12(19-5)13(10(9)14)20(15,16)17;;;;;;/h2*9,16H,6-8H2,1-5H3,(H,17,18,19);2*8,15H,6-7H2,1-5H3,(H,16,17,18);2*7,14H,6H2,1-5H3,(H,15,16,17);6*1H3/q;;;;;;6*+1/p-6. The molecule has 0 aliphatic carbocycles. The average Bonchev–Trinajstić information content (AvgIpc) is 0.796. The van der Waals surface area contributed by atoms with E-state index in [4.69, 9.17) is 56.8 Å². The van der Waals surface area contributed by atoms with Gasteiger partial charge in [-0.05, 0) is 114 Å². The second-order valence-electron chi connectivity index (χ2n) is 28.9. The highest BCUT2D eigenvalue weighted by Gasteiger charge is 2.37. The molecule has 6 N–H and O–H groups in total. The number of phenolic OH excluding ortho intramolecular Hbond substituents is 6. The van der Waals surface area contributed by atoms with E-state index in [0.29, 0.717) is 114 Å². The summed E-state index contributed by atoms with van der Waals surface area (Å²) in [6, 6.07) is 0. The fraction of sp³-hybridized carbons (Fsp3) is 0.533. The quantitative estimate of drug-likeness (QED) is 0.0157. The van der Waals surface area contributed by atoms with E-state index in [2.05, 4.69) is 0 Å². The summed E-state index contributed by atoms with van der Waals surface area (Å²) < 4.78 is 269. The third kappa shape index (κ3) is 29.7. The van der Waals surface area contributed by atoms with E-state index >= 15 is 0 Å². The van der Waals surface area contributed by atoms with Crippen LogP contribution in [-0.4, -0.2) is 194 Å². The number of ether oxygens (including phenoxy) is 12. The van der Waals surface area contributed by atoms with Crippen LogP contribution in [0.2, 0.25) is 0 Å². The molecule has 0 saturated heterocycles. The van der Waals surface area contributed by atoms with Crippen LogP contribution in [0, 0.1) is 58.4 Å². The molecule has 36 nitrogen and oxygen atoms in total. The second kappa shape index (κ2) is 56.6. The van der Waals surface area contributed by atoms with E-state index in [0.717, 1.165) is 6.42 Å². The van der Waals surface area contributed by atoms with Crippen LogP contribution in [0.4, 0.5) is 0 Å². The van der Waals surface area contributed by atoms with Crippen molar-refractivity contribution in [2.75, 3.05) is 85.3 Å². The molecule has 0 aromatic heterocycles. The van der Waals surface area contributed by atoms with Crippen LogP contribution in [0.3, 0.4) is 0 Å². The van der Waals surface area contributed by atoms with Crippen molar-refractivity contribution in [3.8, 4) is 103 Å². The first kappa shape index (κ1) is 133. The number of phenols is 6. The lowest BCUT2D eigenvalue weighted by molar-refractivity contribution is 0.329. The van der Waals surface area contributed by atoms with E-state index in [1.807, 2.05) is 96.9 Å². The predicted molar refractivity (Wildman–Crippen MR) is 502 cm³/mol. The summed E-state index contributed by atoms with van der Waals surface area (Å²) in [5, 5.41) is 62.0. The molecular weight excluding hydrogens is 1850 g/mol. The number of benzene rings is 6. The highest BCUT2D eigenvalue weighted by Crippen LogP contribution is 2.56. The number of hydrogen-bond acceptors (Lipinski definition) is 36. The second-order valence-corrected chi connectivity index (χ2v) is 36.8. The Bertz CT molecular complexity index is 5350. The molecule has 0 radical (unpaired) electrons. The zero-order valence-electron chi connectivity index (χ0n) is 83.3. The third-order valence-electron chi connectivity index (χ3n) is 21.4. The van der Waals surface area contributed by atoms with Crippen molar-refractivity contribution in [2.24, 2.45) is 0 Å². The van der Waals surface area contributed by atoms with Crippen molar-refractivity contribution in [1.82, 2.24) is 0 Å². The van der Waals surface area contributed by atoms with Crippen molar-refractivity contribution >= 4 is 60.7 Å². The molecule has 0 bridgehead atoms. The van der Waals surface area contributed by atoms with Crippen LogP contribution < -0.4 is 56.8 Å². The Labute approximate surface area is 787 Å². The normalized spacial score (nSPS) is 12.5. The smallest absolute Gasteiger partial charge is 0.182 e. The van der Waals surface area contributed by atoms with Gasteiger partial charge in [0.1, 0.15) is 136 Å². The Kier molecular flexibility index (Phi) is 57.0. The number of hydrogen-bond donors (Lipinski definition) is 6. The Morgan fingerprint density at radius 3 is 0.697 bits per heavy atom. The van der Waals surface area contributed by atoms with Gasteiger partial charge in [0.25, 0.3) is 0 Å². The summed E-state index contributed by atoms with van der Waals surface area (Å²) in [7, 11) is -13.2. The van der Waals surface area contributed by atoms with Crippen molar-refractivity contribution in [3.63, 3.8) is 0 Å². The lowest BCUT2D eigenvalue weighted by Gasteiger charge is -2.25. The maximum Gasteiger partial charge on any atom is 0.182 e. The Morgan fingerprint density at radius 1 is 0.227 bits per heavy atom. The molecule has 0 heterocycles. The molecule has 0 spiro atoms. The van der Waals surface area contributed by atoms with Crippen LogP contribution in [0.5, 0.6) is 103 Å². The van der Waals surface area contributed by atoms with Gasteiger partial charge in [-0.1, -0.05) is 124 Å². The first-order valence-corrected chi connectivity index (χ1v) is 48.5. The van der Waals surface area contributed by atoms with Crippen LogP contribution in [0.1, 0.15) is 264 Å². The molecule has 6 atom stereocenters. The van der Waals surface area contributed by atoms with Gasteiger partial charge in [0.2, 0.25) is 0 Å². The van der Waals surface area contributed by atoms with Gasteiger partial charge in [-0.15, -0.1) is 0 Å². The van der Waals surface area contributed by atoms with Crippen LogP contribution in [0.25, 0.3) is 0 Å². The molecule has 0 saturated carbocycles. The van der Waals surface area contributed by atoms with E-state index in [-0.39, 0.29) is 172 Å². The zero-order chi connectivity index (χ0) is 98.2. The highest BCUT2D eigenvalue weighted by atomic mass is 32.2. The minimum atomic E-state index is -4.91. The SMILES string of the molecule is CCC(C)c1c(C)c(OC)c(OC)c(S(=O)(=O)[O-])c1O.CCC(C)c1c(O)c(S(=O)(=O)[O-])c(C)c(OC)c1OC.CCCc1c(OC)c(C(C)CC)c(O)c(S(=O)(=O)[O-])c1OC.CCCc1c(OC)c(OC)c(S(=O)(=O)[O-])c(O)c1C(C)CC.CCc1c(OC)c(OC)c(C(C)CC)c(O)c1S(=O)(=O)[O-].CCc1c(OC)c(OC)c(S(=O)(=O)[O-])c(O)c1C(C)CC.[CH3+].[CH3+].[CH3+].[CH3+].[CH3+].[CH3+]. The Morgan fingerprint density at radius 2 is 0.424 bits per heavy atom. The maximum atomic E-state index is 11.6. The van der Waals surface area contributed by atoms with E-state index in [1.165, 1.54) is 92.2 Å². The summed E-state index contributed by atoms with van der Waals surface area (Å²) in [6.07, 6.45) is 7.18. The van der Waals surface area contributed by atoms with Crippen molar-refractivity contribution in [1.29, 1.82) is 0 Å². The number of rotatable bonds is 36. The zero-order valence-corrected chi connectivity index (χ0v) is 88.2. The molecule has 0 aliphatic heterocycles. The lowest BCUT2D eigenvalue weighted by atomic mass is 9.89. The number of methoxy groups -OCH3 is 12. The van der Waals surface area contributed by atoms with Crippen molar-refractivity contribution < 1.29 is 165 Å². The maximum absolute atomic E-state index is 11.6. The van der Waals surface area contributed by atoms with Gasteiger partial charge in [0.15, 0.2) is 57.5 Å². The summed E-state index contributed by atoms with van der Waals surface area (Å²) in [5.74, 6) is -3.28. The van der Waals surface area contributed by atoms with Crippen molar-refractivity contribution in [2.45, 2.75) is 267 Å². The van der Waals surface area contributed by atoms with Crippen LogP contribution in [0.15, 0.2) is 29.4 Å². The van der Waals surface area contributed by atoms with Gasteiger partial charge in [-0.25, -0.2) is 50.5 Å². The minimum Gasteiger partial charge on any atom is -0.744 e. The monoisotopic (exact) mass is 1990 g/mol. The summed E-state index contributed by atoms with van der Waals surface area (Å²) >= 11 is 0. The summed E-state index contributed by atoms with van der Waals surface area (Å²) in [4.78, 5) is -4.23. The summed E-state index contributed by atoms with van der Waals surface area (Å²) in [5.41, 5.74) is 4.70. The minimum absolute atomic E-state index is 0. The molecule has 132 heavy (non-hydrogen) atoms. The van der Waals surface area contributed by atoms with Crippen LogP contribution >= 0.6 is 0 Å². The molecule has 6 rings (SSSR count). The molecule has 6 unspecified atom stereocenters. The molecule has 0 aliphatic rings. The van der Waals surface area contributed by atoms with Gasteiger partial charge < -0.3 is 115 Å². The molecule has 0 fully saturated rings. The molecule has 6 aromatic rings. The molecular formula is C90H144O36S6. The van der Waals surface area contributed by atoms with Gasteiger partial charge in [-0.3, -0.25) is 0 Å². The molecule has 42 heteroatoms. The first-order valence-electron chi connectivity index (χ1n) is 40.0. The fourth-order valence-electron chi connectivity index (χ4n) is 14.5. The topological polar surface area (TPSA) is 575 Å². The largest absolute Gasteiger partial charge is 0.744 e. The van der Waals surface area contributed by atoms with Crippen LogP contribution in [-0.2, 0) is 86.4 Å². The summed E-state index contributed by atoms with van der Waals surface area (Å²) in [6.45, 7) is 32.9. The van der Waals surface area contributed by atoms with Gasteiger partial charge in [0.05, 0.1) is 85.3 Å². The van der Waals surface area contributed by atoms with Gasteiger partial charge in [0, 0.05) is 111 Å². The van der Waals surface area contributed by atoms with Gasteiger partial charge in [-0.2, -0.15) is 0 Å². The average molecular weight is 1990 g/mol. The molecule has 0 amide bonds. The first-order chi connectivity index (χ1) is 58.4. The Hall–Kier alpha value is -9.60. The fourth-order valence-corrected chi connectivity index (χ4v) is 19.2. The van der Waals surface area contributed by atoms with Gasteiger partial charge >= 0.3 is 0 Å².